The highest BCUT2D eigenvalue weighted by atomic mass is 35.5. The Hall–Kier alpha value is -1.77. The fourth-order valence-corrected chi connectivity index (χ4v) is 4.31. The maximum Gasteiger partial charge on any atom is 0.255 e. The van der Waals surface area contributed by atoms with Crippen molar-refractivity contribution in [3.05, 3.63) is 58.4 Å². The van der Waals surface area contributed by atoms with Crippen LogP contribution in [0.5, 0.6) is 0 Å². The van der Waals surface area contributed by atoms with Gasteiger partial charge in [-0.25, -0.2) is 17.6 Å². The third-order valence-electron chi connectivity index (χ3n) is 4.43. The van der Waals surface area contributed by atoms with Crippen LogP contribution >= 0.6 is 23.4 Å². The van der Waals surface area contributed by atoms with Gasteiger partial charge in [-0.05, 0) is 43.9 Å². The Morgan fingerprint density at radius 1 is 1.14 bits per heavy atom. The molecule has 1 fully saturated rings. The zero-order valence-electron chi connectivity index (χ0n) is 14.4. The second kappa shape index (κ2) is 8.31. The van der Waals surface area contributed by atoms with Gasteiger partial charge in [0, 0.05) is 28.3 Å². The zero-order chi connectivity index (χ0) is 20.5. The summed E-state index contributed by atoms with van der Waals surface area (Å²) in [6.07, 6.45) is 0.458. The lowest BCUT2D eigenvalue weighted by Gasteiger charge is -2.31. The summed E-state index contributed by atoms with van der Waals surface area (Å²) in [5, 5.41) is 10.5. The number of halogens is 5. The van der Waals surface area contributed by atoms with Crippen LogP contribution in [0.25, 0.3) is 0 Å². The third-order valence-corrected chi connectivity index (χ3v) is 6.20. The number of aliphatic hydroxyl groups is 1. The number of nitrogens with one attached hydrogen (secondary N) is 1. The number of amides is 1. The SMILES string of the molecule is O=C(Nc1cc(F)c(F)c(F)c1)c1ccc(Cl)c(SC2(F)CCC(O)CC2)c1. The summed E-state index contributed by atoms with van der Waals surface area (Å²) >= 11 is 7.00. The van der Waals surface area contributed by atoms with E-state index in [1.807, 2.05) is 0 Å². The van der Waals surface area contributed by atoms with Crippen molar-refractivity contribution in [2.75, 3.05) is 5.32 Å². The number of carbonyl (C=O) groups excluding carboxylic acids is 1. The lowest BCUT2D eigenvalue weighted by Crippen LogP contribution is -2.28. The number of hydrogen-bond donors (Lipinski definition) is 2. The smallest absolute Gasteiger partial charge is 0.255 e. The monoisotopic (exact) mass is 433 g/mol. The standard InChI is InChI=1S/C19H16ClF4NO2S/c20-13-2-1-10(7-16(13)28-19(24)5-3-12(26)4-6-19)18(27)25-11-8-14(21)17(23)15(22)9-11/h1-2,7-9,12,26H,3-6H2,(H,25,27). The maximum absolute atomic E-state index is 15.0. The first-order chi connectivity index (χ1) is 13.2. The van der Waals surface area contributed by atoms with E-state index in [2.05, 4.69) is 5.32 Å². The highest BCUT2D eigenvalue weighted by molar-refractivity contribution is 8.00. The Labute approximate surface area is 168 Å². The molecule has 1 aliphatic carbocycles. The first-order valence-electron chi connectivity index (χ1n) is 8.48. The van der Waals surface area contributed by atoms with Crippen LogP contribution in [0.3, 0.4) is 0 Å². The number of carbonyl (C=O) groups is 1. The molecule has 0 heterocycles. The summed E-state index contributed by atoms with van der Waals surface area (Å²) in [5.74, 6) is -5.20. The van der Waals surface area contributed by atoms with Crippen LogP contribution < -0.4 is 5.32 Å². The number of thioether (sulfide) groups is 1. The molecule has 0 spiro atoms. The number of rotatable bonds is 4. The van der Waals surface area contributed by atoms with Gasteiger partial charge in [0.2, 0.25) is 0 Å². The Balaban J connectivity index is 1.78. The molecule has 0 atom stereocenters. The lowest BCUT2D eigenvalue weighted by atomic mass is 9.96. The van der Waals surface area contributed by atoms with E-state index in [0.717, 1.165) is 11.8 Å². The summed E-state index contributed by atoms with van der Waals surface area (Å²) in [6.45, 7) is 0. The molecular weight excluding hydrogens is 418 g/mol. The minimum atomic E-state index is -1.63. The van der Waals surface area contributed by atoms with Gasteiger partial charge in [0.15, 0.2) is 22.5 Å². The number of anilines is 1. The summed E-state index contributed by atoms with van der Waals surface area (Å²) < 4.78 is 54.6. The molecule has 0 saturated heterocycles. The molecule has 2 aromatic carbocycles. The molecule has 0 aliphatic heterocycles. The van der Waals surface area contributed by atoms with Gasteiger partial charge in [-0.15, -0.1) is 0 Å². The molecular formula is C19H16ClF4NO2S. The minimum Gasteiger partial charge on any atom is -0.393 e. The Morgan fingerprint density at radius 2 is 1.75 bits per heavy atom. The van der Waals surface area contributed by atoms with Crippen LogP contribution in [0.4, 0.5) is 23.2 Å². The molecule has 28 heavy (non-hydrogen) atoms. The van der Waals surface area contributed by atoms with E-state index in [-0.39, 0.29) is 29.1 Å². The largest absolute Gasteiger partial charge is 0.393 e. The molecule has 150 valence electrons. The highest BCUT2D eigenvalue weighted by Gasteiger charge is 2.36. The van der Waals surface area contributed by atoms with Gasteiger partial charge in [0.05, 0.1) is 11.1 Å². The Bertz CT molecular complexity index is 880. The molecule has 3 rings (SSSR count). The second-order valence-corrected chi connectivity index (χ2v) is 8.35. The second-order valence-electron chi connectivity index (χ2n) is 6.57. The zero-order valence-corrected chi connectivity index (χ0v) is 16.0. The van der Waals surface area contributed by atoms with Crippen molar-refractivity contribution in [3.8, 4) is 0 Å². The van der Waals surface area contributed by atoms with E-state index < -0.39 is 34.5 Å². The summed E-state index contributed by atoms with van der Waals surface area (Å²) in [5.41, 5.74) is -0.162. The van der Waals surface area contributed by atoms with E-state index >= 15 is 0 Å². The van der Waals surface area contributed by atoms with Gasteiger partial charge in [-0.1, -0.05) is 23.4 Å². The summed E-state index contributed by atoms with van der Waals surface area (Å²) in [4.78, 5) is 12.7. The molecule has 0 bridgehead atoms. The molecule has 0 radical (unpaired) electrons. The predicted molar refractivity (Wildman–Crippen MR) is 99.9 cm³/mol. The van der Waals surface area contributed by atoms with Crippen molar-refractivity contribution < 1.29 is 27.5 Å². The van der Waals surface area contributed by atoms with Gasteiger partial charge in [-0.3, -0.25) is 4.79 Å². The van der Waals surface area contributed by atoms with Gasteiger partial charge >= 0.3 is 0 Å². The average molecular weight is 434 g/mol. The lowest BCUT2D eigenvalue weighted by molar-refractivity contribution is 0.0809. The summed E-state index contributed by atoms with van der Waals surface area (Å²) in [7, 11) is 0. The first-order valence-corrected chi connectivity index (χ1v) is 9.68. The van der Waals surface area contributed by atoms with Crippen molar-refractivity contribution in [1.82, 2.24) is 0 Å². The molecule has 0 unspecified atom stereocenters. The molecule has 3 nitrogen and oxygen atoms in total. The molecule has 1 saturated carbocycles. The van der Waals surface area contributed by atoms with Crippen molar-refractivity contribution in [1.29, 1.82) is 0 Å². The molecule has 0 aromatic heterocycles. The Morgan fingerprint density at radius 3 is 2.36 bits per heavy atom. The van der Waals surface area contributed by atoms with Crippen LogP contribution in [0, 0.1) is 17.5 Å². The number of benzene rings is 2. The van der Waals surface area contributed by atoms with E-state index in [1.165, 1.54) is 18.2 Å². The number of hydrogen-bond acceptors (Lipinski definition) is 3. The number of alkyl halides is 1. The van der Waals surface area contributed by atoms with E-state index in [0.29, 0.717) is 29.9 Å². The quantitative estimate of drug-likeness (QED) is 0.480. The third kappa shape index (κ3) is 4.79. The average Bonchev–Trinajstić information content (AvgIpc) is 2.64. The van der Waals surface area contributed by atoms with Gasteiger partial charge in [0.25, 0.3) is 5.91 Å². The Kier molecular flexibility index (Phi) is 6.21. The van der Waals surface area contributed by atoms with Crippen LogP contribution in [0.2, 0.25) is 5.02 Å². The fraction of sp³-hybridized carbons (Fsp3) is 0.316. The molecule has 1 amide bonds. The molecule has 9 heteroatoms. The van der Waals surface area contributed by atoms with Crippen LogP contribution in [0.1, 0.15) is 36.0 Å². The van der Waals surface area contributed by atoms with Crippen LogP contribution in [-0.2, 0) is 0 Å². The highest BCUT2D eigenvalue weighted by Crippen LogP contribution is 2.47. The van der Waals surface area contributed by atoms with Gasteiger partial charge < -0.3 is 10.4 Å². The number of aliphatic hydroxyl groups excluding tert-OH is 1. The van der Waals surface area contributed by atoms with E-state index in [9.17, 15) is 27.5 Å². The van der Waals surface area contributed by atoms with Crippen molar-refractivity contribution in [2.24, 2.45) is 0 Å². The van der Waals surface area contributed by atoms with Crippen molar-refractivity contribution >= 4 is 35.0 Å². The first kappa shape index (κ1) is 21.0. The van der Waals surface area contributed by atoms with Crippen molar-refractivity contribution in [2.45, 2.75) is 41.7 Å². The molecule has 2 N–H and O–H groups in total. The van der Waals surface area contributed by atoms with Crippen LogP contribution in [-0.4, -0.2) is 22.1 Å². The topological polar surface area (TPSA) is 49.3 Å². The van der Waals surface area contributed by atoms with E-state index in [4.69, 9.17) is 11.6 Å². The van der Waals surface area contributed by atoms with Gasteiger partial charge in [-0.2, -0.15) is 0 Å². The molecule has 1 aliphatic rings. The molecule has 2 aromatic rings. The van der Waals surface area contributed by atoms with Crippen LogP contribution in [0.15, 0.2) is 35.2 Å². The normalized spacial score (nSPS) is 22.1. The minimum absolute atomic E-state index is 0.0940. The fourth-order valence-electron chi connectivity index (χ4n) is 2.89. The van der Waals surface area contributed by atoms with E-state index in [1.54, 1.807) is 0 Å². The summed E-state index contributed by atoms with van der Waals surface area (Å²) in [6, 6.07) is 5.50. The van der Waals surface area contributed by atoms with Gasteiger partial charge in [0.1, 0.15) is 0 Å². The van der Waals surface area contributed by atoms with Crippen molar-refractivity contribution in [3.63, 3.8) is 0 Å². The maximum atomic E-state index is 15.0. The predicted octanol–water partition coefficient (Wildman–Crippen LogP) is 5.70.